The molecule has 2 aromatic carbocycles. The van der Waals surface area contributed by atoms with Gasteiger partial charge in [0.05, 0.1) is 10.7 Å². The fourth-order valence-corrected chi connectivity index (χ4v) is 4.20. The van der Waals surface area contributed by atoms with Crippen LogP contribution in [0.25, 0.3) is 5.69 Å². The molecule has 34 heavy (non-hydrogen) atoms. The minimum absolute atomic E-state index is 0.206. The van der Waals surface area contributed by atoms with E-state index in [2.05, 4.69) is 35.1 Å². The summed E-state index contributed by atoms with van der Waals surface area (Å²) in [6.45, 7) is 6.00. The van der Waals surface area contributed by atoms with Gasteiger partial charge < -0.3 is 14.5 Å². The molecule has 180 valence electrons. The van der Waals surface area contributed by atoms with Crippen molar-refractivity contribution in [1.29, 1.82) is 0 Å². The molecule has 0 N–H and O–H groups in total. The predicted octanol–water partition coefficient (Wildman–Crippen LogP) is 4.89. The van der Waals surface area contributed by atoms with Gasteiger partial charge in [0, 0.05) is 37.9 Å². The largest absolute Gasteiger partial charge is 0.467 e. The molecule has 0 radical (unpaired) electrons. The van der Waals surface area contributed by atoms with Gasteiger partial charge in [-0.2, -0.15) is 23.0 Å². The van der Waals surface area contributed by atoms with Gasteiger partial charge in [-0.3, -0.25) is 4.79 Å². The van der Waals surface area contributed by atoms with Crippen molar-refractivity contribution >= 4 is 23.2 Å². The molecule has 6 nitrogen and oxygen atoms in total. The highest BCUT2D eigenvalue weighted by atomic mass is 35.5. The highest BCUT2D eigenvalue weighted by Crippen LogP contribution is 2.33. The summed E-state index contributed by atoms with van der Waals surface area (Å²) < 4.78 is 46.3. The van der Waals surface area contributed by atoms with E-state index in [0.717, 1.165) is 16.4 Å². The normalized spacial score (nSPS) is 14.4. The van der Waals surface area contributed by atoms with Gasteiger partial charge >= 0.3 is 6.18 Å². The van der Waals surface area contributed by atoms with Crippen LogP contribution in [0, 0.1) is 13.8 Å². The lowest BCUT2D eigenvalue weighted by Gasteiger charge is -2.36. The van der Waals surface area contributed by atoms with E-state index in [1.807, 2.05) is 6.92 Å². The summed E-state index contributed by atoms with van der Waals surface area (Å²) in [5.41, 5.74) is 2.60. The van der Waals surface area contributed by atoms with Gasteiger partial charge in [-0.05, 0) is 37.6 Å². The van der Waals surface area contributed by atoms with Crippen molar-refractivity contribution in [2.24, 2.45) is 0 Å². The molecule has 1 aliphatic rings. The van der Waals surface area contributed by atoms with Crippen molar-refractivity contribution in [3.05, 3.63) is 70.4 Å². The van der Waals surface area contributed by atoms with Gasteiger partial charge in [0.2, 0.25) is 5.88 Å². The molecule has 0 aliphatic carbocycles. The molecule has 0 spiro atoms. The lowest BCUT2D eigenvalue weighted by Crippen LogP contribution is -2.50. The number of ether oxygens (including phenoxy) is 1. The molecule has 3 aromatic rings. The average molecular weight is 493 g/mol. The zero-order chi connectivity index (χ0) is 24.5. The standard InChI is InChI=1S/C24H24ClF3N4O2/c1-16-7-8-19(17(2)13-16)30-9-11-31(12-10-30)22(33)15-34-23-14-21(24(26,27)28)29-32(23)20-6-4-3-5-18(20)25/h3-8,13-14H,9-12,15H2,1-2H3. The number of amides is 1. The fraction of sp³-hybridized carbons (Fsp3) is 0.333. The first-order valence-corrected chi connectivity index (χ1v) is 11.2. The van der Waals surface area contributed by atoms with Crippen LogP contribution < -0.4 is 9.64 Å². The molecule has 1 aliphatic heterocycles. The van der Waals surface area contributed by atoms with E-state index in [1.54, 1.807) is 17.0 Å². The van der Waals surface area contributed by atoms with E-state index in [4.69, 9.17) is 16.3 Å². The summed E-state index contributed by atoms with van der Waals surface area (Å²) in [6, 6.07) is 13.4. The highest BCUT2D eigenvalue weighted by molar-refractivity contribution is 6.32. The number of benzene rings is 2. The summed E-state index contributed by atoms with van der Waals surface area (Å²) in [5, 5.41) is 3.82. The molecule has 0 atom stereocenters. The van der Waals surface area contributed by atoms with E-state index in [9.17, 15) is 18.0 Å². The van der Waals surface area contributed by atoms with Crippen LogP contribution in [-0.4, -0.2) is 53.4 Å². The van der Waals surface area contributed by atoms with Crippen molar-refractivity contribution in [1.82, 2.24) is 14.7 Å². The van der Waals surface area contributed by atoms with Crippen molar-refractivity contribution in [3.63, 3.8) is 0 Å². The van der Waals surface area contributed by atoms with Gasteiger partial charge in [0.1, 0.15) is 0 Å². The van der Waals surface area contributed by atoms with E-state index >= 15 is 0 Å². The minimum Gasteiger partial charge on any atom is -0.467 e. The van der Waals surface area contributed by atoms with Gasteiger partial charge in [0.15, 0.2) is 12.3 Å². The second kappa shape index (κ2) is 9.58. The lowest BCUT2D eigenvalue weighted by atomic mass is 10.1. The molecule has 0 unspecified atom stereocenters. The Bertz CT molecular complexity index is 1190. The number of hydrogen-bond acceptors (Lipinski definition) is 4. The zero-order valence-corrected chi connectivity index (χ0v) is 19.5. The molecule has 0 bridgehead atoms. The molecule has 2 heterocycles. The molecule has 1 fully saturated rings. The van der Waals surface area contributed by atoms with E-state index < -0.39 is 18.5 Å². The van der Waals surface area contributed by atoms with Gasteiger partial charge in [-0.15, -0.1) is 0 Å². The smallest absolute Gasteiger partial charge is 0.435 e. The van der Waals surface area contributed by atoms with Gasteiger partial charge in [-0.25, -0.2) is 0 Å². The molecule has 4 rings (SSSR count). The molecule has 1 aromatic heterocycles. The number of para-hydroxylation sites is 1. The molecule has 1 amide bonds. The Hall–Kier alpha value is -3.20. The number of piperazine rings is 1. The first-order valence-electron chi connectivity index (χ1n) is 10.8. The number of aromatic nitrogens is 2. The van der Waals surface area contributed by atoms with E-state index in [-0.39, 0.29) is 22.5 Å². The van der Waals surface area contributed by atoms with E-state index in [1.165, 1.54) is 23.3 Å². The van der Waals surface area contributed by atoms with E-state index in [0.29, 0.717) is 26.2 Å². The van der Waals surface area contributed by atoms with Crippen LogP contribution in [0.5, 0.6) is 5.88 Å². The molecule has 10 heteroatoms. The van der Waals surface area contributed by atoms with Crippen LogP contribution in [0.3, 0.4) is 0 Å². The fourth-order valence-electron chi connectivity index (χ4n) is 3.99. The number of halogens is 4. The van der Waals surface area contributed by atoms with Crippen LogP contribution in [0.4, 0.5) is 18.9 Å². The van der Waals surface area contributed by atoms with Crippen LogP contribution in [0.15, 0.2) is 48.5 Å². The maximum Gasteiger partial charge on any atom is 0.435 e. The van der Waals surface area contributed by atoms with Crippen LogP contribution in [0.2, 0.25) is 5.02 Å². The van der Waals surface area contributed by atoms with Crippen molar-refractivity contribution in [2.45, 2.75) is 20.0 Å². The summed E-state index contributed by atoms with van der Waals surface area (Å²) in [6.07, 6.45) is -4.67. The Morgan fingerprint density at radius 3 is 2.38 bits per heavy atom. The molecule has 1 saturated heterocycles. The first kappa shape index (κ1) is 23.9. The summed E-state index contributed by atoms with van der Waals surface area (Å²) in [7, 11) is 0. The van der Waals surface area contributed by atoms with Gasteiger partial charge in [-0.1, -0.05) is 41.4 Å². The Morgan fingerprint density at radius 2 is 1.74 bits per heavy atom. The number of carbonyl (C=O) groups excluding carboxylic acids is 1. The number of nitrogens with zero attached hydrogens (tertiary/aromatic N) is 4. The number of rotatable bonds is 5. The molecular weight excluding hydrogens is 469 g/mol. The monoisotopic (exact) mass is 492 g/mol. The minimum atomic E-state index is -4.67. The second-order valence-electron chi connectivity index (χ2n) is 8.18. The Morgan fingerprint density at radius 1 is 1.03 bits per heavy atom. The molecular formula is C24H24ClF3N4O2. The lowest BCUT2D eigenvalue weighted by molar-refractivity contribution is -0.141. The zero-order valence-electron chi connectivity index (χ0n) is 18.8. The third-order valence-electron chi connectivity index (χ3n) is 5.72. The van der Waals surface area contributed by atoms with Crippen molar-refractivity contribution < 1.29 is 22.7 Å². The maximum absolute atomic E-state index is 13.3. The van der Waals surface area contributed by atoms with Crippen LogP contribution in [-0.2, 0) is 11.0 Å². The number of carbonyl (C=O) groups is 1. The highest BCUT2D eigenvalue weighted by Gasteiger charge is 2.36. The SMILES string of the molecule is Cc1ccc(N2CCN(C(=O)COc3cc(C(F)(F)F)nn3-c3ccccc3Cl)CC2)c(C)c1. The third-order valence-corrected chi connectivity index (χ3v) is 6.04. The number of aryl methyl sites for hydroxylation is 2. The van der Waals surface area contributed by atoms with Crippen molar-refractivity contribution in [3.8, 4) is 11.6 Å². The summed E-state index contributed by atoms with van der Waals surface area (Å²) >= 11 is 6.15. The number of anilines is 1. The topological polar surface area (TPSA) is 50.6 Å². The molecule has 0 saturated carbocycles. The average Bonchev–Trinajstić information content (AvgIpc) is 3.23. The predicted molar refractivity (Wildman–Crippen MR) is 124 cm³/mol. The van der Waals surface area contributed by atoms with Gasteiger partial charge in [0.25, 0.3) is 5.91 Å². The number of alkyl halides is 3. The Kier molecular flexibility index (Phi) is 6.74. The van der Waals surface area contributed by atoms with Crippen LogP contribution in [0.1, 0.15) is 16.8 Å². The van der Waals surface area contributed by atoms with Crippen molar-refractivity contribution in [2.75, 3.05) is 37.7 Å². The summed E-state index contributed by atoms with van der Waals surface area (Å²) in [5.74, 6) is -0.511. The van der Waals surface area contributed by atoms with Crippen LogP contribution >= 0.6 is 11.6 Å². The second-order valence-corrected chi connectivity index (χ2v) is 8.58. The number of hydrogen-bond donors (Lipinski definition) is 0. The Balaban J connectivity index is 1.43. The third kappa shape index (κ3) is 5.14. The Labute approximate surface area is 200 Å². The maximum atomic E-state index is 13.3. The first-order chi connectivity index (χ1) is 16.1. The quantitative estimate of drug-likeness (QED) is 0.509. The summed E-state index contributed by atoms with van der Waals surface area (Å²) in [4.78, 5) is 16.6.